The number of rotatable bonds is 19. The molecule has 0 atom stereocenters. The zero-order valence-electron chi connectivity index (χ0n) is 18.8. The molecule has 0 spiro atoms. The lowest BCUT2D eigenvalue weighted by atomic mass is 10.0. The van der Waals surface area contributed by atoms with E-state index in [9.17, 15) is 0 Å². The summed E-state index contributed by atoms with van der Waals surface area (Å²) in [5.41, 5.74) is 0. The summed E-state index contributed by atoms with van der Waals surface area (Å²) in [6.45, 7) is 12.8. The van der Waals surface area contributed by atoms with Crippen molar-refractivity contribution in [3.05, 3.63) is 0 Å². The summed E-state index contributed by atoms with van der Waals surface area (Å²) in [5.74, 6) is 1.67. The summed E-state index contributed by atoms with van der Waals surface area (Å²) in [6.07, 6.45) is 15.5. The number of hydrogen-bond acceptors (Lipinski definition) is 3. The predicted octanol–water partition coefficient (Wildman–Crippen LogP) is 7.23. The van der Waals surface area contributed by atoms with Crippen LogP contribution in [0.3, 0.4) is 0 Å². The van der Waals surface area contributed by atoms with Crippen LogP contribution in [0.2, 0.25) is 6.55 Å². The fourth-order valence-corrected chi connectivity index (χ4v) is 4.39. The summed E-state index contributed by atoms with van der Waals surface area (Å²) < 4.78 is 17.6. The second kappa shape index (κ2) is 17.2. The van der Waals surface area contributed by atoms with Crippen molar-refractivity contribution in [2.75, 3.05) is 20.3 Å². The van der Waals surface area contributed by atoms with E-state index in [0.29, 0.717) is 0 Å². The van der Waals surface area contributed by atoms with Crippen molar-refractivity contribution >= 4 is 8.80 Å². The van der Waals surface area contributed by atoms with Crippen LogP contribution in [-0.2, 0) is 13.3 Å². The Hall–Kier alpha value is 0.0969. The van der Waals surface area contributed by atoms with Crippen molar-refractivity contribution in [2.24, 2.45) is 11.8 Å². The molecule has 0 aromatic carbocycles. The first-order chi connectivity index (χ1) is 12.4. The molecule has 0 N–H and O–H groups in total. The predicted molar refractivity (Wildman–Crippen MR) is 116 cm³/mol. The third-order valence-corrected chi connectivity index (χ3v) is 7.15. The summed E-state index contributed by atoms with van der Waals surface area (Å²) in [4.78, 5) is 0. The average molecular weight is 389 g/mol. The van der Waals surface area contributed by atoms with Crippen molar-refractivity contribution < 1.29 is 13.3 Å². The maximum absolute atomic E-state index is 5.99. The molecule has 0 bridgehead atoms. The van der Waals surface area contributed by atoms with Crippen LogP contribution >= 0.6 is 0 Å². The van der Waals surface area contributed by atoms with Gasteiger partial charge in [0.2, 0.25) is 0 Å². The van der Waals surface area contributed by atoms with E-state index in [4.69, 9.17) is 13.3 Å². The molecule has 0 aliphatic carbocycles. The first-order valence-corrected chi connectivity index (χ1v) is 13.4. The summed E-state index contributed by atoms with van der Waals surface area (Å²) >= 11 is 0. The van der Waals surface area contributed by atoms with Crippen molar-refractivity contribution in [1.82, 2.24) is 0 Å². The van der Waals surface area contributed by atoms with Gasteiger partial charge in [-0.2, -0.15) is 0 Å². The lowest BCUT2D eigenvalue weighted by Crippen LogP contribution is -2.42. The van der Waals surface area contributed by atoms with Crippen LogP contribution in [0.1, 0.15) is 105 Å². The van der Waals surface area contributed by atoms with Gasteiger partial charge in [-0.1, -0.05) is 91.9 Å². The minimum atomic E-state index is -2.40. The molecular weight excluding hydrogens is 340 g/mol. The van der Waals surface area contributed by atoms with E-state index in [1.807, 2.05) is 6.55 Å². The van der Waals surface area contributed by atoms with E-state index in [2.05, 4.69) is 27.7 Å². The van der Waals surface area contributed by atoms with Crippen LogP contribution in [0.25, 0.3) is 0 Å². The van der Waals surface area contributed by atoms with E-state index < -0.39 is 8.80 Å². The molecule has 0 radical (unpaired) electrons. The maximum Gasteiger partial charge on any atom is 0.497 e. The molecule has 0 unspecified atom stereocenters. The molecule has 4 heteroatoms. The molecule has 0 fully saturated rings. The molecule has 0 aliphatic rings. The number of unbranched alkanes of at least 4 members (excludes halogenated alkanes) is 8. The van der Waals surface area contributed by atoms with Gasteiger partial charge in [0, 0.05) is 26.9 Å². The van der Waals surface area contributed by atoms with Crippen molar-refractivity contribution in [1.29, 1.82) is 0 Å². The topological polar surface area (TPSA) is 27.7 Å². The molecule has 0 amide bonds. The smallest absolute Gasteiger partial charge is 0.377 e. The number of hydrogen-bond donors (Lipinski definition) is 0. The van der Waals surface area contributed by atoms with Gasteiger partial charge in [0.1, 0.15) is 0 Å². The van der Waals surface area contributed by atoms with Crippen LogP contribution in [-0.4, -0.2) is 29.1 Å². The Bertz CT molecular complexity index is 271. The fraction of sp³-hybridized carbons (Fsp3) is 1.00. The highest BCUT2D eigenvalue weighted by molar-refractivity contribution is 6.59. The first kappa shape index (κ1) is 26.1. The van der Waals surface area contributed by atoms with Gasteiger partial charge >= 0.3 is 8.80 Å². The van der Waals surface area contributed by atoms with Crippen molar-refractivity contribution in [2.45, 2.75) is 111 Å². The lowest BCUT2D eigenvalue weighted by Gasteiger charge is -2.24. The van der Waals surface area contributed by atoms with Crippen LogP contribution < -0.4 is 0 Å². The molecule has 26 heavy (non-hydrogen) atoms. The van der Waals surface area contributed by atoms with Crippen molar-refractivity contribution in [3.63, 3.8) is 0 Å². The third kappa shape index (κ3) is 17.5. The minimum Gasteiger partial charge on any atom is -0.377 e. The fourth-order valence-electron chi connectivity index (χ4n) is 3.04. The van der Waals surface area contributed by atoms with Crippen LogP contribution in [0, 0.1) is 11.8 Å². The molecule has 0 saturated carbocycles. The summed E-state index contributed by atoms with van der Waals surface area (Å²) in [5, 5.41) is 0. The van der Waals surface area contributed by atoms with Gasteiger partial charge in [0.05, 0.1) is 0 Å². The van der Waals surface area contributed by atoms with Crippen molar-refractivity contribution in [3.8, 4) is 0 Å². The lowest BCUT2D eigenvalue weighted by molar-refractivity contribution is 0.0809. The summed E-state index contributed by atoms with van der Waals surface area (Å²) in [6, 6.07) is 0. The molecule has 0 aromatic heterocycles. The monoisotopic (exact) mass is 388 g/mol. The van der Waals surface area contributed by atoms with Gasteiger partial charge in [-0.15, -0.1) is 0 Å². The molecule has 0 saturated heterocycles. The highest BCUT2D eigenvalue weighted by atomic mass is 28.4. The normalized spacial score (nSPS) is 12.5. The Labute approximate surface area is 165 Å². The van der Waals surface area contributed by atoms with E-state index in [1.54, 1.807) is 7.11 Å². The molecule has 0 rings (SSSR count). The van der Waals surface area contributed by atoms with Gasteiger partial charge in [0.15, 0.2) is 0 Å². The SMILES string of the molecule is CO[Si](C)(OCCCCCCCC(C)C)OCCCCCCCC(C)C. The van der Waals surface area contributed by atoms with Gasteiger partial charge in [-0.25, -0.2) is 0 Å². The molecule has 3 nitrogen and oxygen atoms in total. The largest absolute Gasteiger partial charge is 0.497 e. The second-order valence-corrected chi connectivity index (χ2v) is 11.4. The van der Waals surface area contributed by atoms with Gasteiger partial charge < -0.3 is 13.3 Å². The molecule has 0 heterocycles. The average Bonchev–Trinajstić information content (AvgIpc) is 2.59. The van der Waals surface area contributed by atoms with Gasteiger partial charge in [0.25, 0.3) is 0 Å². The standard InChI is InChI=1S/C22H48O3Si/c1-21(2)17-13-9-7-11-15-19-24-26(6,23-5)25-20-16-12-8-10-14-18-22(3)4/h21-22H,7-20H2,1-6H3. The zero-order valence-corrected chi connectivity index (χ0v) is 19.8. The van der Waals surface area contributed by atoms with Crippen LogP contribution in [0.15, 0.2) is 0 Å². The minimum absolute atomic E-state index is 0.774. The zero-order chi connectivity index (χ0) is 19.7. The van der Waals surface area contributed by atoms with E-state index in [-0.39, 0.29) is 0 Å². The highest BCUT2D eigenvalue weighted by Crippen LogP contribution is 2.14. The molecule has 158 valence electrons. The quantitative estimate of drug-likeness (QED) is 0.172. The summed E-state index contributed by atoms with van der Waals surface area (Å²) in [7, 11) is -0.678. The Balaban J connectivity index is 3.55. The molecule has 0 aliphatic heterocycles. The maximum atomic E-state index is 5.99. The molecule has 0 aromatic rings. The molecular formula is C22H48O3Si. The first-order valence-electron chi connectivity index (χ1n) is 11.2. The Morgan fingerprint density at radius 1 is 0.577 bits per heavy atom. The Morgan fingerprint density at radius 3 is 1.27 bits per heavy atom. The van der Waals surface area contributed by atoms with Gasteiger partial charge in [-0.3, -0.25) is 0 Å². The van der Waals surface area contributed by atoms with Gasteiger partial charge in [-0.05, 0) is 24.7 Å². The Kier molecular flexibility index (Phi) is 17.3. The van der Waals surface area contributed by atoms with Crippen LogP contribution in [0.5, 0.6) is 0 Å². The van der Waals surface area contributed by atoms with E-state index in [0.717, 1.165) is 37.9 Å². The second-order valence-electron chi connectivity index (χ2n) is 8.66. The third-order valence-electron chi connectivity index (χ3n) is 4.95. The van der Waals surface area contributed by atoms with Crippen LogP contribution in [0.4, 0.5) is 0 Å². The van der Waals surface area contributed by atoms with E-state index in [1.165, 1.54) is 64.2 Å². The van der Waals surface area contributed by atoms with E-state index >= 15 is 0 Å². The Morgan fingerprint density at radius 2 is 0.923 bits per heavy atom. The highest BCUT2D eigenvalue weighted by Gasteiger charge is 2.32.